The largest absolute Gasteiger partial charge is 0.396 e. The molecule has 0 spiro atoms. The summed E-state index contributed by atoms with van der Waals surface area (Å²) in [5, 5.41) is 8.86. The van der Waals surface area contributed by atoms with E-state index in [1.54, 1.807) is 0 Å². The maximum Gasteiger partial charge on any atom is 0.320 e. The molecular formula is C16H24N2O2. The average molecular weight is 276 g/mol. The van der Waals surface area contributed by atoms with E-state index in [0.29, 0.717) is 13.0 Å². The van der Waals surface area contributed by atoms with Gasteiger partial charge >= 0.3 is 6.03 Å². The first kappa shape index (κ1) is 14.9. The van der Waals surface area contributed by atoms with Gasteiger partial charge < -0.3 is 14.9 Å². The van der Waals surface area contributed by atoms with Crippen molar-refractivity contribution in [2.24, 2.45) is 0 Å². The molecule has 1 heterocycles. The van der Waals surface area contributed by atoms with E-state index in [0.717, 1.165) is 25.9 Å². The molecule has 1 aromatic rings. The minimum absolute atomic E-state index is 0.124. The Morgan fingerprint density at radius 2 is 1.95 bits per heavy atom. The van der Waals surface area contributed by atoms with Gasteiger partial charge in [-0.25, -0.2) is 4.79 Å². The first-order valence-corrected chi connectivity index (χ1v) is 7.42. The fraction of sp³-hybridized carbons (Fsp3) is 0.562. The average Bonchev–Trinajstić information content (AvgIpc) is 2.73. The van der Waals surface area contributed by atoms with Gasteiger partial charge in [-0.1, -0.05) is 30.3 Å². The number of aryl methyl sites for hydroxylation is 1. The normalized spacial score (nSPS) is 18.9. The number of aliphatic hydroxyl groups excluding tert-OH is 1. The lowest BCUT2D eigenvalue weighted by molar-refractivity contribution is 0.183. The van der Waals surface area contributed by atoms with Gasteiger partial charge in [-0.05, 0) is 31.7 Å². The summed E-state index contributed by atoms with van der Waals surface area (Å²) in [6.07, 6.45) is 2.66. The molecule has 0 radical (unpaired) electrons. The lowest BCUT2D eigenvalue weighted by Gasteiger charge is -2.20. The molecule has 0 saturated carbocycles. The second kappa shape index (κ2) is 7.29. The van der Waals surface area contributed by atoms with E-state index in [1.165, 1.54) is 5.56 Å². The van der Waals surface area contributed by atoms with Gasteiger partial charge in [-0.3, -0.25) is 0 Å². The van der Waals surface area contributed by atoms with Crippen LogP contribution in [-0.4, -0.2) is 53.2 Å². The Bertz CT molecular complexity index is 422. The van der Waals surface area contributed by atoms with Crippen molar-refractivity contribution in [3.8, 4) is 0 Å². The molecule has 1 aromatic carbocycles. The van der Waals surface area contributed by atoms with Crippen molar-refractivity contribution in [2.45, 2.75) is 32.2 Å². The van der Waals surface area contributed by atoms with Crippen molar-refractivity contribution in [3.63, 3.8) is 0 Å². The summed E-state index contributed by atoms with van der Waals surface area (Å²) in [5.74, 6) is 0. The van der Waals surface area contributed by atoms with Crippen LogP contribution in [0.5, 0.6) is 0 Å². The molecule has 1 N–H and O–H groups in total. The van der Waals surface area contributed by atoms with Crippen LogP contribution in [0.4, 0.5) is 4.79 Å². The van der Waals surface area contributed by atoms with Crippen molar-refractivity contribution >= 4 is 6.03 Å². The van der Waals surface area contributed by atoms with Gasteiger partial charge in [0.2, 0.25) is 0 Å². The zero-order valence-corrected chi connectivity index (χ0v) is 12.2. The molecule has 110 valence electrons. The predicted molar refractivity (Wildman–Crippen MR) is 79.6 cm³/mol. The van der Waals surface area contributed by atoms with Gasteiger partial charge in [0.1, 0.15) is 0 Å². The lowest BCUT2D eigenvalue weighted by atomic mass is 10.1. The molecule has 2 rings (SSSR count). The number of carbonyl (C=O) groups excluding carboxylic acids is 1. The molecule has 0 bridgehead atoms. The third kappa shape index (κ3) is 3.73. The molecule has 4 nitrogen and oxygen atoms in total. The van der Waals surface area contributed by atoms with Gasteiger partial charge in [0.15, 0.2) is 0 Å². The molecule has 0 aliphatic carbocycles. The van der Waals surface area contributed by atoms with Gasteiger partial charge in [0.25, 0.3) is 0 Å². The van der Waals surface area contributed by atoms with Crippen LogP contribution in [0, 0.1) is 0 Å². The van der Waals surface area contributed by atoms with E-state index in [-0.39, 0.29) is 18.7 Å². The maximum absolute atomic E-state index is 12.2. The van der Waals surface area contributed by atoms with E-state index in [4.69, 9.17) is 5.11 Å². The Hall–Kier alpha value is -1.55. The zero-order chi connectivity index (χ0) is 14.4. The highest BCUT2D eigenvalue weighted by Gasteiger charge is 2.33. The summed E-state index contributed by atoms with van der Waals surface area (Å²) in [7, 11) is 0. The Morgan fingerprint density at radius 3 is 2.65 bits per heavy atom. The number of benzene rings is 1. The first-order valence-electron chi connectivity index (χ1n) is 7.42. The molecule has 1 saturated heterocycles. The topological polar surface area (TPSA) is 43.8 Å². The first-order chi connectivity index (χ1) is 9.72. The standard InChI is InChI=1S/C16H24N2O2/c1-14-13-17(10-6-12-19)16(20)18(14)11-5-9-15-7-3-2-4-8-15/h2-4,7-8,14,19H,5-6,9-13H2,1H3/t14-/m0/s1. The molecule has 0 aromatic heterocycles. The second-order valence-electron chi connectivity index (χ2n) is 5.44. The fourth-order valence-corrected chi connectivity index (χ4v) is 2.73. The summed E-state index contributed by atoms with van der Waals surface area (Å²) in [6, 6.07) is 10.8. The predicted octanol–water partition coefficient (Wildman–Crippen LogP) is 2.13. The van der Waals surface area contributed by atoms with Crippen LogP contribution in [-0.2, 0) is 6.42 Å². The minimum atomic E-state index is 0.124. The maximum atomic E-state index is 12.2. The van der Waals surface area contributed by atoms with Crippen molar-refractivity contribution in [2.75, 3.05) is 26.2 Å². The molecule has 1 fully saturated rings. The number of amides is 2. The molecule has 1 aliphatic rings. The van der Waals surface area contributed by atoms with Gasteiger partial charge in [-0.15, -0.1) is 0 Å². The second-order valence-corrected chi connectivity index (χ2v) is 5.44. The lowest BCUT2D eigenvalue weighted by Crippen LogP contribution is -2.35. The van der Waals surface area contributed by atoms with Crippen LogP contribution < -0.4 is 0 Å². The Balaban J connectivity index is 1.79. The molecule has 20 heavy (non-hydrogen) atoms. The Morgan fingerprint density at radius 1 is 1.20 bits per heavy atom. The van der Waals surface area contributed by atoms with Crippen molar-refractivity contribution in [1.29, 1.82) is 0 Å². The monoisotopic (exact) mass is 276 g/mol. The van der Waals surface area contributed by atoms with Crippen molar-refractivity contribution in [1.82, 2.24) is 9.80 Å². The van der Waals surface area contributed by atoms with Crippen LogP contribution in [0.1, 0.15) is 25.3 Å². The number of hydrogen-bond acceptors (Lipinski definition) is 2. The van der Waals surface area contributed by atoms with E-state index in [2.05, 4.69) is 31.2 Å². The molecule has 1 aliphatic heterocycles. The summed E-state index contributed by atoms with van der Waals surface area (Å²) >= 11 is 0. The van der Waals surface area contributed by atoms with Crippen molar-refractivity contribution in [3.05, 3.63) is 35.9 Å². The Labute approximate surface area is 121 Å². The van der Waals surface area contributed by atoms with E-state index in [1.807, 2.05) is 15.9 Å². The molecule has 4 heteroatoms. The quantitative estimate of drug-likeness (QED) is 0.829. The number of nitrogens with zero attached hydrogens (tertiary/aromatic N) is 2. The van der Waals surface area contributed by atoms with Crippen LogP contribution in [0.25, 0.3) is 0 Å². The summed E-state index contributed by atoms with van der Waals surface area (Å²) in [4.78, 5) is 16.0. The van der Waals surface area contributed by atoms with E-state index in [9.17, 15) is 4.79 Å². The zero-order valence-electron chi connectivity index (χ0n) is 12.2. The van der Waals surface area contributed by atoms with Gasteiger partial charge in [0.05, 0.1) is 0 Å². The highest BCUT2D eigenvalue weighted by atomic mass is 16.3. The summed E-state index contributed by atoms with van der Waals surface area (Å²) in [5.41, 5.74) is 1.32. The van der Waals surface area contributed by atoms with E-state index >= 15 is 0 Å². The van der Waals surface area contributed by atoms with Crippen LogP contribution in [0.3, 0.4) is 0 Å². The number of carbonyl (C=O) groups is 1. The number of rotatable bonds is 7. The summed E-state index contributed by atoms with van der Waals surface area (Å²) < 4.78 is 0. The third-order valence-electron chi connectivity index (χ3n) is 3.83. The number of hydrogen-bond donors (Lipinski definition) is 1. The van der Waals surface area contributed by atoms with E-state index < -0.39 is 0 Å². The van der Waals surface area contributed by atoms with Crippen LogP contribution in [0.2, 0.25) is 0 Å². The Kier molecular flexibility index (Phi) is 5.41. The number of urea groups is 1. The van der Waals surface area contributed by atoms with Crippen LogP contribution >= 0.6 is 0 Å². The minimum Gasteiger partial charge on any atom is -0.396 e. The van der Waals surface area contributed by atoms with Gasteiger partial charge in [-0.2, -0.15) is 0 Å². The van der Waals surface area contributed by atoms with Gasteiger partial charge in [0, 0.05) is 32.3 Å². The fourth-order valence-electron chi connectivity index (χ4n) is 2.73. The third-order valence-corrected chi connectivity index (χ3v) is 3.83. The molecule has 0 unspecified atom stereocenters. The highest BCUT2D eigenvalue weighted by molar-refractivity contribution is 5.77. The molecule has 2 amide bonds. The van der Waals surface area contributed by atoms with Crippen LogP contribution in [0.15, 0.2) is 30.3 Å². The number of aliphatic hydroxyl groups is 1. The molecule has 1 atom stereocenters. The smallest absolute Gasteiger partial charge is 0.320 e. The highest BCUT2D eigenvalue weighted by Crippen LogP contribution is 2.17. The SMILES string of the molecule is C[C@H]1CN(CCCO)C(=O)N1CCCc1ccccc1. The summed E-state index contributed by atoms with van der Waals surface area (Å²) in [6.45, 7) is 4.50. The van der Waals surface area contributed by atoms with Crippen molar-refractivity contribution < 1.29 is 9.90 Å². The molecular weight excluding hydrogens is 252 g/mol.